The lowest BCUT2D eigenvalue weighted by atomic mass is 10.0. The third kappa shape index (κ3) is 12.7. The summed E-state index contributed by atoms with van der Waals surface area (Å²) in [6.45, 7) is 3.56. The van der Waals surface area contributed by atoms with Crippen LogP contribution in [0, 0.1) is 5.92 Å². The summed E-state index contributed by atoms with van der Waals surface area (Å²) in [7, 11) is 0. The van der Waals surface area contributed by atoms with Gasteiger partial charge >= 0.3 is 11.9 Å². The molecule has 4 atom stereocenters. The number of thioether (sulfide) groups is 1. The van der Waals surface area contributed by atoms with E-state index in [0.29, 0.717) is 5.75 Å². The number of rotatable bonds is 16. The van der Waals surface area contributed by atoms with Crippen LogP contribution in [-0.2, 0) is 28.8 Å². The Morgan fingerprint density at radius 3 is 1.82 bits per heavy atom. The molecule has 13 nitrogen and oxygen atoms in total. The number of nitrogens with two attached hydrogens (primary N) is 2. The van der Waals surface area contributed by atoms with Crippen molar-refractivity contribution < 1.29 is 39.0 Å². The fraction of sp³-hybridized carbons (Fsp3) is 0.684. The van der Waals surface area contributed by atoms with E-state index in [1.54, 1.807) is 20.1 Å². The highest BCUT2D eigenvalue weighted by Crippen LogP contribution is 2.08. The molecule has 33 heavy (non-hydrogen) atoms. The minimum atomic E-state index is -1.57. The molecule has 0 fully saturated rings. The number of amides is 4. The molecule has 188 valence electrons. The van der Waals surface area contributed by atoms with E-state index in [1.165, 1.54) is 11.8 Å². The van der Waals surface area contributed by atoms with Gasteiger partial charge in [0.05, 0.1) is 18.9 Å². The SMILES string of the molecule is CSCCC(NC(=O)C(N)CC(=O)O)C(=O)NC(CC(C)C)C(=O)NC(CC(N)=O)C(=O)O. The topological polar surface area (TPSA) is 231 Å². The second-order valence-corrected chi connectivity index (χ2v) is 8.79. The Morgan fingerprint density at radius 1 is 0.848 bits per heavy atom. The molecule has 4 amide bonds. The molecule has 0 aliphatic rings. The molecule has 0 saturated heterocycles. The number of carboxylic acid groups (broad SMARTS) is 2. The maximum absolute atomic E-state index is 12.9. The number of aliphatic carboxylic acids is 2. The lowest BCUT2D eigenvalue weighted by Gasteiger charge is -2.25. The van der Waals surface area contributed by atoms with Gasteiger partial charge in [0.1, 0.15) is 18.1 Å². The minimum Gasteiger partial charge on any atom is -0.481 e. The first-order valence-electron chi connectivity index (χ1n) is 10.2. The van der Waals surface area contributed by atoms with Crippen LogP contribution in [0.1, 0.15) is 39.5 Å². The van der Waals surface area contributed by atoms with Gasteiger partial charge in [-0.1, -0.05) is 13.8 Å². The lowest BCUT2D eigenvalue weighted by molar-refractivity contribution is -0.143. The largest absolute Gasteiger partial charge is 0.481 e. The zero-order valence-electron chi connectivity index (χ0n) is 18.8. The Balaban J connectivity index is 5.49. The molecule has 0 rings (SSSR count). The van der Waals surface area contributed by atoms with Crippen LogP contribution in [0.4, 0.5) is 0 Å². The van der Waals surface area contributed by atoms with Crippen molar-refractivity contribution in [2.45, 2.75) is 63.7 Å². The summed E-state index contributed by atoms with van der Waals surface area (Å²) in [6, 6.07) is -5.20. The van der Waals surface area contributed by atoms with Crippen molar-refractivity contribution in [3.8, 4) is 0 Å². The zero-order valence-corrected chi connectivity index (χ0v) is 19.6. The first-order chi connectivity index (χ1) is 15.3. The Morgan fingerprint density at radius 2 is 1.36 bits per heavy atom. The van der Waals surface area contributed by atoms with Crippen LogP contribution in [0.15, 0.2) is 0 Å². The molecule has 0 radical (unpaired) electrons. The van der Waals surface area contributed by atoms with E-state index in [2.05, 4.69) is 16.0 Å². The normalized spacial score (nSPS) is 14.5. The second-order valence-electron chi connectivity index (χ2n) is 7.81. The predicted molar refractivity (Wildman–Crippen MR) is 120 cm³/mol. The Bertz CT molecular complexity index is 733. The van der Waals surface area contributed by atoms with Gasteiger partial charge in [0.25, 0.3) is 0 Å². The highest BCUT2D eigenvalue weighted by atomic mass is 32.2. The average Bonchev–Trinajstić information content (AvgIpc) is 2.68. The molecule has 0 aromatic rings. The van der Waals surface area contributed by atoms with E-state index in [9.17, 15) is 33.9 Å². The van der Waals surface area contributed by atoms with Crippen molar-refractivity contribution in [3.05, 3.63) is 0 Å². The molecule has 4 unspecified atom stereocenters. The van der Waals surface area contributed by atoms with Crippen molar-refractivity contribution in [2.24, 2.45) is 17.4 Å². The summed E-state index contributed by atoms with van der Waals surface area (Å²) in [4.78, 5) is 70.9. The highest BCUT2D eigenvalue weighted by molar-refractivity contribution is 7.98. The van der Waals surface area contributed by atoms with Crippen molar-refractivity contribution >= 4 is 47.3 Å². The molecule has 0 aromatic heterocycles. The third-order valence-corrected chi connectivity index (χ3v) is 4.98. The molecule has 14 heteroatoms. The zero-order chi connectivity index (χ0) is 25.7. The predicted octanol–water partition coefficient (Wildman–Crippen LogP) is -2.00. The summed E-state index contributed by atoms with van der Waals surface area (Å²) in [5.41, 5.74) is 10.6. The Hall–Kier alpha value is -2.87. The molecular weight excluding hydrogens is 458 g/mol. The van der Waals surface area contributed by atoms with Gasteiger partial charge in [-0.25, -0.2) is 4.79 Å². The van der Waals surface area contributed by atoms with E-state index in [-0.39, 0.29) is 18.8 Å². The quantitative estimate of drug-likeness (QED) is 0.125. The monoisotopic (exact) mass is 491 g/mol. The molecule has 0 aliphatic carbocycles. The van der Waals surface area contributed by atoms with Crippen LogP contribution in [0.25, 0.3) is 0 Å². The van der Waals surface area contributed by atoms with Gasteiger partial charge in [-0.3, -0.25) is 24.0 Å². The molecular formula is C19H33N5O8S. The van der Waals surface area contributed by atoms with Crippen molar-refractivity contribution in [1.82, 2.24) is 16.0 Å². The smallest absolute Gasteiger partial charge is 0.326 e. The van der Waals surface area contributed by atoms with Gasteiger partial charge < -0.3 is 37.6 Å². The molecule has 0 bridgehead atoms. The molecule has 0 aromatic carbocycles. The van der Waals surface area contributed by atoms with Gasteiger partial charge in [0, 0.05) is 0 Å². The van der Waals surface area contributed by atoms with E-state index in [0.717, 1.165) is 0 Å². The van der Waals surface area contributed by atoms with E-state index in [1.807, 2.05) is 0 Å². The summed E-state index contributed by atoms with van der Waals surface area (Å²) in [6.07, 6.45) is 0.845. The maximum atomic E-state index is 12.9. The fourth-order valence-electron chi connectivity index (χ4n) is 2.71. The summed E-state index contributed by atoms with van der Waals surface area (Å²) < 4.78 is 0. The van der Waals surface area contributed by atoms with Gasteiger partial charge in [0.15, 0.2) is 0 Å². The van der Waals surface area contributed by atoms with Crippen molar-refractivity contribution in [2.75, 3.05) is 12.0 Å². The molecule has 0 heterocycles. The lowest BCUT2D eigenvalue weighted by Crippen LogP contribution is -2.57. The van der Waals surface area contributed by atoms with Crippen LogP contribution in [0.2, 0.25) is 0 Å². The number of nitrogens with one attached hydrogen (secondary N) is 3. The molecule has 0 aliphatic heterocycles. The molecule has 0 saturated carbocycles. The van der Waals surface area contributed by atoms with E-state index in [4.69, 9.17) is 16.6 Å². The number of carbonyl (C=O) groups is 6. The minimum absolute atomic E-state index is 0.0799. The number of primary amides is 1. The Labute approximate surface area is 195 Å². The average molecular weight is 492 g/mol. The highest BCUT2D eigenvalue weighted by Gasteiger charge is 2.31. The summed E-state index contributed by atoms with van der Waals surface area (Å²) in [5, 5.41) is 25.1. The van der Waals surface area contributed by atoms with Crippen molar-refractivity contribution in [1.29, 1.82) is 0 Å². The number of hydrogen-bond acceptors (Lipinski definition) is 8. The summed E-state index contributed by atoms with van der Waals surface area (Å²) >= 11 is 1.40. The van der Waals surface area contributed by atoms with E-state index >= 15 is 0 Å². The number of carbonyl (C=O) groups excluding carboxylic acids is 4. The Kier molecular flexibility index (Phi) is 13.7. The van der Waals surface area contributed by atoms with E-state index < -0.39 is 72.6 Å². The van der Waals surface area contributed by atoms with Crippen LogP contribution in [0.5, 0.6) is 0 Å². The van der Waals surface area contributed by atoms with Crippen molar-refractivity contribution in [3.63, 3.8) is 0 Å². The third-order valence-electron chi connectivity index (χ3n) is 4.33. The first-order valence-corrected chi connectivity index (χ1v) is 11.6. The maximum Gasteiger partial charge on any atom is 0.326 e. The van der Waals surface area contributed by atoms with Crippen LogP contribution < -0.4 is 27.4 Å². The first kappa shape index (κ1) is 30.1. The number of carboxylic acids is 2. The number of hydrogen-bond donors (Lipinski definition) is 7. The summed E-state index contributed by atoms with van der Waals surface area (Å²) in [5.74, 6) is -5.67. The standard InChI is InChI=1S/C19H33N5O8S/c1-9(2)6-12(18(30)24-13(19(31)32)8-14(21)25)23-17(29)11(4-5-33-3)22-16(28)10(20)7-15(26)27/h9-13H,4-8,20H2,1-3H3,(H2,21,25)(H,22,28)(H,23,29)(H,24,30)(H,26,27)(H,31,32). The van der Waals surface area contributed by atoms with Gasteiger partial charge in [-0.2, -0.15) is 11.8 Å². The second kappa shape index (κ2) is 15.1. The van der Waals surface area contributed by atoms with Crippen LogP contribution in [-0.4, -0.2) is 82.0 Å². The fourth-order valence-corrected chi connectivity index (χ4v) is 3.18. The van der Waals surface area contributed by atoms with Gasteiger partial charge in [0.2, 0.25) is 23.6 Å². The van der Waals surface area contributed by atoms with Gasteiger partial charge in [-0.15, -0.1) is 0 Å². The molecule has 0 spiro atoms. The van der Waals surface area contributed by atoms with Gasteiger partial charge in [-0.05, 0) is 30.8 Å². The molecule has 9 N–H and O–H groups in total. The van der Waals surface area contributed by atoms with Crippen LogP contribution in [0.3, 0.4) is 0 Å². The van der Waals surface area contributed by atoms with Crippen LogP contribution >= 0.6 is 11.8 Å².